The normalized spacial score (nSPS) is 16.8. The number of anilines is 2. The number of ether oxygens (including phenoxy) is 1. The van der Waals surface area contributed by atoms with Gasteiger partial charge in [0.2, 0.25) is 5.91 Å². The van der Waals surface area contributed by atoms with Gasteiger partial charge < -0.3 is 20.7 Å². The maximum absolute atomic E-state index is 11.8. The van der Waals surface area contributed by atoms with Crippen molar-refractivity contribution in [1.29, 1.82) is 0 Å². The number of hydrogen-bond acceptors (Lipinski definition) is 4. The van der Waals surface area contributed by atoms with Crippen LogP contribution in [0.5, 0.6) is 0 Å². The highest BCUT2D eigenvalue weighted by Crippen LogP contribution is 2.19. The van der Waals surface area contributed by atoms with Gasteiger partial charge in [-0.3, -0.25) is 4.79 Å². The summed E-state index contributed by atoms with van der Waals surface area (Å²) in [6.07, 6.45) is 1.61. The number of carbonyl (C=O) groups excluding carboxylic acids is 1. The molecule has 0 saturated carbocycles. The van der Waals surface area contributed by atoms with E-state index in [1.165, 1.54) is 0 Å². The van der Waals surface area contributed by atoms with E-state index in [4.69, 9.17) is 10.5 Å². The average Bonchev–Trinajstić information content (AvgIpc) is 2.49. The van der Waals surface area contributed by atoms with Crippen molar-refractivity contribution in [3.63, 3.8) is 0 Å². The molecule has 0 bridgehead atoms. The van der Waals surface area contributed by atoms with Crippen molar-refractivity contribution in [3.05, 3.63) is 24.3 Å². The molecule has 1 heterocycles. The zero-order valence-corrected chi connectivity index (χ0v) is 12.0. The van der Waals surface area contributed by atoms with E-state index in [0.29, 0.717) is 6.42 Å². The molecule has 1 aromatic carbocycles. The highest BCUT2D eigenvalue weighted by molar-refractivity contribution is 5.94. The summed E-state index contributed by atoms with van der Waals surface area (Å²) in [6, 6.07) is 7.44. The summed E-state index contributed by atoms with van der Waals surface area (Å²) in [7, 11) is 0. The first-order chi connectivity index (χ1) is 9.70. The first-order valence-corrected chi connectivity index (χ1v) is 7.20. The molecule has 1 amide bonds. The predicted molar refractivity (Wildman–Crippen MR) is 81.0 cm³/mol. The van der Waals surface area contributed by atoms with Gasteiger partial charge in [0, 0.05) is 24.5 Å². The molecule has 1 aliphatic rings. The third-order valence-corrected chi connectivity index (χ3v) is 3.45. The van der Waals surface area contributed by atoms with Crippen LogP contribution in [0, 0.1) is 0 Å². The Labute approximate surface area is 120 Å². The SMILES string of the molecule is CCCC(N)C(=O)Nc1ccc(N2CCOCC2)cc1. The molecule has 0 spiro atoms. The fourth-order valence-electron chi connectivity index (χ4n) is 2.25. The molecule has 1 atom stereocenters. The fourth-order valence-corrected chi connectivity index (χ4v) is 2.25. The predicted octanol–water partition coefficient (Wildman–Crippen LogP) is 1.59. The maximum Gasteiger partial charge on any atom is 0.241 e. The fraction of sp³-hybridized carbons (Fsp3) is 0.533. The van der Waals surface area contributed by atoms with Gasteiger partial charge in [-0.15, -0.1) is 0 Å². The number of carbonyl (C=O) groups is 1. The number of nitrogens with zero attached hydrogens (tertiary/aromatic N) is 1. The Morgan fingerprint density at radius 1 is 1.35 bits per heavy atom. The van der Waals surface area contributed by atoms with E-state index in [-0.39, 0.29) is 5.91 Å². The molecule has 1 fully saturated rings. The van der Waals surface area contributed by atoms with Crippen molar-refractivity contribution in [2.24, 2.45) is 5.73 Å². The molecule has 110 valence electrons. The second kappa shape index (κ2) is 7.26. The largest absolute Gasteiger partial charge is 0.378 e. The minimum atomic E-state index is -0.432. The topological polar surface area (TPSA) is 67.6 Å². The van der Waals surface area contributed by atoms with Crippen molar-refractivity contribution in [1.82, 2.24) is 0 Å². The number of benzene rings is 1. The average molecular weight is 277 g/mol. The van der Waals surface area contributed by atoms with Crippen LogP contribution in [0.4, 0.5) is 11.4 Å². The van der Waals surface area contributed by atoms with E-state index in [1.807, 2.05) is 31.2 Å². The smallest absolute Gasteiger partial charge is 0.241 e. The van der Waals surface area contributed by atoms with Gasteiger partial charge in [-0.2, -0.15) is 0 Å². The van der Waals surface area contributed by atoms with Crippen LogP contribution in [-0.4, -0.2) is 38.3 Å². The molecule has 5 nitrogen and oxygen atoms in total. The van der Waals surface area contributed by atoms with Gasteiger partial charge in [0.15, 0.2) is 0 Å². The van der Waals surface area contributed by atoms with E-state index < -0.39 is 6.04 Å². The Morgan fingerprint density at radius 3 is 2.60 bits per heavy atom. The molecule has 5 heteroatoms. The zero-order valence-electron chi connectivity index (χ0n) is 12.0. The van der Waals surface area contributed by atoms with Gasteiger partial charge in [-0.1, -0.05) is 13.3 Å². The molecule has 1 aliphatic heterocycles. The zero-order chi connectivity index (χ0) is 14.4. The summed E-state index contributed by atoms with van der Waals surface area (Å²) >= 11 is 0. The van der Waals surface area contributed by atoms with Gasteiger partial charge in [-0.05, 0) is 30.7 Å². The van der Waals surface area contributed by atoms with Gasteiger partial charge in [0.25, 0.3) is 0 Å². The monoisotopic (exact) mass is 277 g/mol. The van der Waals surface area contributed by atoms with E-state index in [1.54, 1.807) is 0 Å². The van der Waals surface area contributed by atoms with Gasteiger partial charge in [0.1, 0.15) is 0 Å². The van der Waals surface area contributed by atoms with Crippen molar-refractivity contribution < 1.29 is 9.53 Å². The highest BCUT2D eigenvalue weighted by atomic mass is 16.5. The molecule has 3 N–H and O–H groups in total. The second-order valence-corrected chi connectivity index (χ2v) is 5.03. The van der Waals surface area contributed by atoms with Gasteiger partial charge in [-0.25, -0.2) is 0 Å². The van der Waals surface area contributed by atoms with Gasteiger partial charge >= 0.3 is 0 Å². The molecule has 0 radical (unpaired) electrons. The van der Waals surface area contributed by atoms with Crippen molar-refractivity contribution >= 4 is 17.3 Å². The lowest BCUT2D eigenvalue weighted by Crippen LogP contribution is -2.36. The van der Waals surface area contributed by atoms with E-state index >= 15 is 0 Å². The molecular weight excluding hydrogens is 254 g/mol. The first kappa shape index (κ1) is 14.8. The Bertz CT molecular complexity index is 427. The third-order valence-electron chi connectivity index (χ3n) is 3.45. The lowest BCUT2D eigenvalue weighted by Gasteiger charge is -2.28. The van der Waals surface area contributed by atoms with E-state index in [2.05, 4.69) is 10.2 Å². The van der Waals surface area contributed by atoms with Gasteiger partial charge in [0.05, 0.1) is 19.3 Å². The van der Waals surface area contributed by atoms with Crippen LogP contribution >= 0.6 is 0 Å². The standard InChI is InChI=1S/C15H23N3O2/c1-2-3-14(16)15(19)17-12-4-6-13(7-5-12)18-8-10-20-11-9-18/h4-7,14H,2-3,8-11,16H2,1H3,(H,17,19). The number of amides is 1. The van der Waals surface area contributed by atoms with E-state index in [9.17, 15) is 4.79 Å². The highest BCUT2D eigenvalue weighted by Gasteiger charge is 2.13. The van der Waals surface area contributed by atoms with Crippen LogP contribution in [0.1, 0.15) is 19.8 Å². The Hall–Kier alpha value is -1.59. The molecule has 0 aromatic heterocycles. The lowest BCUT2D eigenvalue weighted by atomic mass is 10.1. The van der Waals surface area contributed by atoms with Crippen LogP contribution in [0.25, 0.3) is 0 Å². The maximum atomic E-state index is 11.8. The van der Waals surface area contributed by atoms with Crippen LogP contribution in [-0.2, 0) is 9.53 Å². The summed E-state index contributed by atoms with van der Waals surface area (Å²) in [5.74, 6) is -0.119. The van der Waals surface area contributed by atoms with Crippen LogP contribution in [0.3, 0.4) is 0 Å². The van der Waals surface area contributed by atoms with Crippen molar-refractivity contribution in [2.45, 2.75) is 25.8 Å². The summed E-state index contributed by atoms with van der Waals surface area (Å²) in [4.78, 5) is 14.1. The molecule has 1 aromatic rings. The summed E-state index contributed by atoms with van der Waals surface area (Å²) in [5.41, 5.74) is 7.74. The molecular formula is C15H23N3O2. The first-order valence-electron chi connectivity index (χ1n) is 7.20. The number of nitrogens with two attached hydrogens (primary N) is 1. The molecule has 0 aliphatic carbocycles. The van der Waals surface area contributed by atoms with Crippen molar-refractivity contribution in [2.75, 3.05) is 36.5 Å². The van der Waals surface area contributed by atoms with Crippen LogP contribution in [0.2, 0.25) is 0 Å². The number of morpholine rings is 1. The van der Waals surface area contributed by atoms with Crippen LogP contribution in [0.15, 0.2) is 24.3 Å². The molecule has 1 unspecified atom stereocenters. The minimum Gasteiger partial charge on any atom is -0.378 e. The Morgan fingerprint density at radius 2 is 2.00 bits per heavy atom. The molecule has 20 heavy (non-hydrogen) atoms. The Kier molecular flexibility index (Phi) is 5.38. The summed E-state index contributed by atoms with van der Waals surface area (Å²) < 4.78 is 5.33. The minimum absolute atomic E-state index is 0.119. The second-order valence-electron chi connectivity index (χ2n) is 5.03. The number of rotatable bonds is 5. The summed E-state index contributed by atoms with van der Waals surface area (Å²) in [6.45, 7) is 5.37. The Balaban J connectivity index is 1.92. The number of hydrogen-bond donors (Lipinski definition) is 2. The van der Waals surface area contributed by atoms with Crippen LogP contribution < -0.4 is 16.0 Å². The van der Waals surface area contributed by atoms with E-state index in [0.717, 1.165) is 44.1 Å². The molecule has 1 saturated heterocycles. The van der Waals surface area contributed by atoms with Crippen molar-refractivity contribution in [3.8, 4) is 0 Å². The quantitative estimate of drug-likeness (QED) is 0.857. The lowest BCUT2D eigenvalue weighted by molar-refractivity contribution is -0.117. The molecule has 2 rings (SSSR count). The summed E-state index contributed by atoms with van der Waals surface area (Å²) in [5, 5.41) is 2.85. The number of nitrogens with one attached hydrogen (secondary N) is 1. The third kappa shape index (κ3) is 3.95.